The third-order valence-electron chi connectivity index (χ3n) is 7.19. The second-order valence-corrected chi connectivity index (χ2v) is 9.88. The molecule has 0 amide bonds. The van der Waals surface area contributed by atoms with Crippen LogP contribution < -0.4 is 10.1 Å². The van der Waals surface area contributed by atoms with Crippen molar-refractivity contribution in [3.05, 3.63) is 84.1 Å². The summed E-state index contributed by atoms with van der Waals surface area (Å²) in [7, 11) is 1.96. The molecule has 2 aromatic carbocycles. The first kappa shape index (κ1) is 24.6. The molecular formula is C28H29N7O4. The zero-order valence-corrected chi connectivity index (χ0v) is 21.6. The molecule has 6 rings (SSSR count). The molecule has 1 unspecified atom stereocenters. The first-order valence-electron chi connectivity index (χ1n) is 12.7. The fourth-order valence-electron chi connectivity index (χ4n) is 5.20. The Balaban J connectivity index is 1.22. The molecule has 4 heterocycles. The Morgan fingerprint density at radius 3 is 2.79 bits per heavy atom. The number of benzene rings is 2. The van der Waals surface area contributed by atoms with Crippen molar-refractivity contribution in [2.45, 2.75) is 19.3 Å². The minimum Gasteiger partial charge on any atom is -0.505 e. The van der Waals surface area contributed by atoms with Crippen molar-refractivity contribution in [2.24, 2.45) is 7.05 Å². The standard InChI is InChI=1S/C28H29N7O4/c1-17-11-19(3-6-25(17)39-20-4-5-23-22(12-20)30-16-33(23)2)32-27-26-21(8-10-35(26)31-15-29-27)18-7-9-34(13-18)14-24(36)28(37)38/h3-6,8,10-12,15-16,18,36-38H,7,9,13-14H2,1-2H3,(H,29,31,32). The number of imidazole rings is 1. The molecule has 4 N–H and O–H groups in total. The Bertz CT molecular complexity index is 1700. The van der Waals surface area contributed by atoms with Crippen molar-refractivity contribution in [3.63, 3.8) is 0 Å². The normalized spacial score (nSPS) is 15.7. The van der Waals surface area contributed by atoms with Crippen LogP contribution in [0.3, 0.4) is 0 Å². The molecule has 1 fully saturated rings. The molecule has 0 saturated carbocycles. The zero-order valence-electron chi connectivity index (χ0n) is 21.6. The minimum absolute atomic E-state index is 0.0929. The summed E-state index contributed by atoms with van der Waals surface area (Å²) in [4.78, 5) is 10.9. The van der Waals surface area contributed by atoms with Gasteiger partial charge in [-0.05, 0) is 67.4 Å². The van der Waals surface area contributed by atoms with Gasteiger partial charge in [-0.1, -0.05) is 0 Å². The van der Waals surface area contributed by atoms with Crippen LogP contribution in [0.1, 0.15) is 23.5 Å². The van der Waals surface area contributed by atoms with E-state index >= 15 is 0 Å². The van der Waals surface area contributed by atoms with Crippen LogP contribution >= 0.6 is 0 Å². The summed E-state index contributed by atoms with van der Waals surface area (Å²) in [6, 6.07) is 13.8. The zero-order chi connectivity index (χ0) is 27.1. The number of nitrogens with zero attached hydrogens (tertiary/aromatic N) is 6. The van der Waals surface area contributed by atoms with E-state index in [1.54, 1.807) is 6.33 Å². The molecule has 0 spiro atoms. The molecule has 1 aliphatic heterocycles. The highest BCUT2D eigenvalue weighted by atomic mass is 16.5. The third-order valence-corrected chi connectivity index (χ3v) is 7.19. The monoisotopic (exact) mass is 527 g/mol. The van der Waals surface area contributed by atoms with Crippen LogP contribution in [0.25, 0.3) is 16.6 Å². The van der Waals surface area contributed by atoms with Gasteiger partial charge in [-0.15, -0.1) is 0 Å². The van der Waals surface area contributed by atoms with E-state index in [0.717, 1.165) is 57.8 Å². The van der Waals surface area contributed by atoms with E-state index in [1.165, 1.54) is 6.33 Å². The van der Waals surface area contributed by atoms with E-state index in [9.17, 15) is 5.11 Å². The topological polar surface area (TPSA) is 133 Å². The number of aliphatic hydroxyl groups excluding tert-OH is 2. The number of hydrogen-bond acceptors (Lipinski definition) is 9. The van der Waals surface area contributed by atoms with Crippen molar-refractivity contribution in [1.29, 1.82) is 0 Å². The summed E-state index contributed by atoms with van der Waals surface area (Å²) in [5.74, 6) is 0.891. The van der Waals surface area contributed by atoms with Gasteiger partial charge in [0, 0.05) is 37.5 Å². The molecule has 1 aliphatic rings. The number of hydrogen-bond donors (Lipinski definition) is 4. The fraction of sp³-hybridized carbons (Fsp3) is 0.250. The van der Waals surface area contributed by atoms with Gasteiger partial charge in [0.05, 0.1) is 23.9 Å². The number of aliphatic hydroxyl groups is 3. The number of aromatic nitrogens is 5. The van der Waals surface area contributed by atoms with Crippen LogP contribution in [0.4, 0.5) is 11.5 Å². The maximum absolute atomic E-state index is 9.74. The van der Waals surface area contributed by atoms with Gasteiger partial charge in [-0.3, -0.25) is 4.90 Å². The van der Waals surface area contributed by atoms with Gasteiger partial charge in [-0.2, -0.15) is 5.10 Å². The van der Waals surface area contributed by atoms with Gasteiger partial charge in [0.15, 0.2) is 11.6 Å². The van der Waals surface area contributed by atoms with Crippen LogP contribution in [0, 0.1) is 6.92 Å². The summed E-state index contributed by atoms with van der Waals surface area (Å²) in [6.07, 6.45) is 6.08. The molecule has 3 aromatic heterocycles. The number of aryl methyl sites for hydroxylation is 2. The van der Waals surface area contributed by atoms with E-state index < -0.39 is 11.7 Å². The Hall–Kier alpha value is -4.77. The molecule has 1 saturated heterocycles. The number of likely N-dealkylation sites (tertiary alicyclic amines) is 1. The summed E-state index contributed by atoms with van der Waals surface area (Å²) >= 11 is 0. The average molecular weight is 528 g/mol. The number of nitrogens with one attached hydrogen (secondary N) is 1. The van der Waals surface area contributed by atoms with Crippen molar-refractivity contribution < 1.29 is 20.1 Å². The Kier molecular flexibility index (Phi) is 6.20. The van der Waals surface area contributed by atoms with Crippen LogP contribution in [-0.2, 0) is 7.05 Å². The summed E-state index contributed by atoms with van der Waals surface area (Å²) in [5.41, 5.74) is 5.74. The van der Waals surface area contributed by atoms with Crippen LogP contribution in [0.2, 0.25) is 0 Å². The van der Waals surface area contributed by atoms with Gasteiger partial charge in [0.1, 0.15) is 23.3 Å². The van der Waals surface area contributed by atoms with E-state index in [0.29, 0.717) is 12.4 Å². The van der Waals surface area contributed by atoms with Crippen LogP contribution in [-0.4, -0.2) is 64.0 Å². The highest BCUT2D eigenvalue weighted by Crippen LogP contribution is 2.35. The third kappa shape index (κ3) is 4.79. The maximum atomic E-state index is 9.74. The van der Waals surface area contributed by atoms with Crippen molar-refractivity contribution in [2.75, 3.05) is 25.0 Å². The number of ether oxygens (including phenoxy) is 1. The van der Waals surface area contributed by atoms with Crippen LogP contribution in [0.5, 0.6) is 11.5 Å². The molecule has 1 atom stereocenters. The second-order valence-electron chi connectivity index (χ2n) is 9.88. The number of anilines is 2. The highest BCUT2D eigenvalue weighted by Gasteiger charge is 2.28. The molecule has 5 aromatic rings. The summed E-state index contributed by atoms with van der Waals surface area (Å²) < 4.78 is 9.94. The molecule has 0 bridgehead atoms. The first-order valence-corrected chi connectivity index (χ1v) is 12.7. The van der Waals surface area contributed by atoms with Gasteiger partial charge >= 0.3 is 5.95 Å². The lowest BCUT2D eigenvalue weighted by atomic mass is 9.99. The van der Waals surface area contributed by atoms with Crippen molar-refractivity contribution >= 4 is 28.1 Å². The van der Waals surface area contributed by atoms with Gasteiger partial charge in [0.25, 0.3) is 0 Å². The van der Waals surface area contributed by atoms with Crippen molar-refractivity contribution in [1.82, 2.24) is 29.0 Å². The average Bonchev–Trinajstić information content (AvgIpc) is 3.65. The lowest BCUT2D eigenvalue weighted by Crippen LogP contribution is -2.23. The second kappa shape index (κ2) is 9.84. The summed E-state index contributed by atoms with van der Waals surface area (Å²) in [5, 5.41) is 35.8. The predicted octanol–water partition coefficient (Wildman–Crippen LogP) is 5.09. The lowest BCUT2D eigenvalue weighted by molar-refractivity contribution is 0.145. The van der Waals surface area contributed by atoms with E-state index in [-0.39, 0.29) is 12.5 Å². The number of rotatable bonds is 7. The SMILES string of the molecule is Cc1cc(Nc2ncnn3ccc(C4CCN(CC(O)=C(O)O)C4)c23)ccc1Oc1ccc2c(c1)ncn2C. The molecule has 200 valence electrons. The molecule has 0 aliphatic carbocycles. The molecule has 11 nitrogen and oxygen atoms in total. The molecule has 0 radical (unpaired) electrons. The van der Waals surface area contributed by atoms with Crippen molar-refractivity contribution in [3.8, 4) is 11.5 Å². The fourth-order valence-corrected chi connectivity index (χ4v) is 5.20. The summed E-state index contributed by atoms with van der Waals surface area (Å²) in [6.45, 7) is 3.49. The molecule has 39 heavy (non-hydrogen) atoms. The molecule has 11 heteroatoms. The van der Waals surface area contributed by atoms with Gasteiger partial charge in [0.2, 0.25) is 0 Å². The predicted molar refractivity (Wildman–Crippen MR) is 147 cm³/mol. The largest absolute Gasteiger partial charge is 0.505 e. The molecular weight excluding hydrogens is 498 g/mol. The number of fused-ring (bicyclic) bond motifs is 2. The van der Waals surface area contributed by atoms with E-state index in [1.807, 2.05) is 76.6 Å². The van der Waals surface area contributed by atoms with E-state index in [4.69, 9.17) is 14.9 Å². The Morgan fingerprint density at radius 1 is 1.10 bits per heavy atom. The van der Waals surface area contributed by atoms with E-state index in [2.05, 4.69) is 20.4 Å². The lowest BCUT2D eigenvalue weighted by Gasteiger charge is -2.16. The van der Waals surface area contributed by atoms with Crippen LogP contribution in [0.15, 0.2) is 73.0 Å². The highest BCUT2D eigenvalue weighted by molar-refractivity contribution is 5.78. The van der Waals surface area contributed by atoms with Gasteiger partial charge < -0.3 is 29.9 Å². The smallest absolute Gasteiger partial charge is 0.315 e. The Morgan fingerprint density at radius 2 is 1.97 bits per heavy atom. The minimum atomic E-state index is -1.03. The Labute approximate surface area is 224 Å². The maximum Gasteiger partial charge on any atom is 0.315 e. The van der Waals surface area contributed by atoms with Gasteiger partial charge in [-0.25, -0.2) is 14.5 Å². The quantitative estimate of drug-likeness (QED) is 0.214. The first-order chi connectivity index (χ1) is 18.9.